The van der Waals surface area contributed by atoms with E-state index in [4.69, 9.17) is 22.5 Å². The molecule has 4 aliphatic carbocycles. The number of rotatable bonds is 4. The van der Waals surface area contributed by atoms with E-state index in [1.54, 1.807) is 5.30 Å². The Morgan fingerprint density at radius 1 is 0.405 bits per heavy atom. The largest absolute Gasteiger partial charge is 2.00 e. The van der Waals surface area contributed by atoms with Gasteiger partial charge in [0.1, 0.15) is 6.63 Å². The number of benzene rings is 2. The van der Waals surface area contributed by atoms with Gasteiger partial charge in [0, 0.05) is 5.30 Å². The zero-order chi connectivity index (χ0) is 25.3. The molecule has 0 unspecified atom stereocenters. The summed E-state index contributed by atoms with van der Waals surface area (Å²) in [6.45, 7) is -0.951. The Bertz CT molecular complexity index is 734. The molecule has 244 valence electrons. The van der Waals surface area contributed by atoms with Crippen LogP contribution >= 0.6 is 37.0 Å². The zero-order valence-corrected chi connectivity index (χ0v) is 32.5. The van der Waals surface area contributed by atoms with Crippen LogP contribution < -0.4 is 10.6 Å². The van der Waals surface area contributed by atoms with Gasteiger partial charge in [0.15, 0.2) is 0 Å². The van der Waals surface area contributed by atoms with Crippen molar-refractivity contribution in [1.29, 1.82) is 0 Å². The Labute approximate surface area is 297 Å². The van der Waals surface area contributed by atoms with Gasteiger partial charge in [0.05, 0.1) is 0 Å². The maximum atomic E-state index is 5.63. The molecule has 0 N–H and O–H groups in total. The van der Waals surface area contributed by atoms with Gasteiger partial charge in [-0.15, -0.1) is 0 Å². The van der Waals surface area contributed by atoms with Crippen LogP contribution in [0, 0.1) is 29.7 Å². The molecule has 0 spiro atoms. The van der Waals surface area contributed by atoms with E-state index >= 15 is 0 Å². The van der Waals surface area contributed by atoms with Gasteiger partial charge < -0.3 is 29.7 Å². The molecule has 0 bridgehead atoms. The fourth-order valence-corrected chi connectivity index (χ4v) is 10.9. The Balaban J connectivity index is -0.000000248. The minimum absolute atomic E-state index is 0. The Kier molecular flexibility index (Phi) is 37.8. The summed E-state index contributed by atoms with van der Waals surface area (Å²) in [5, 5.41) is 2.71. The summed E-state index contributed by atoms with van der Waals surface area (Å²) in [4.78, 5) is 0. The normalized spacial score (nSPS) is 17.0. The van der Waals surface area contributed by atoms with Crippen molar-refractivity contribution in [3.8, 4) is 0 Å². The summed E-state index contributed by atoms with van der Waals surface area (Å²) in [6.07, 6.45) is 27.0. The molecule has 4 fully saturated rings. The molecule has 6 rings (SSSR count). The fourth-order valence-electron chi connectivity index (χ4n) is 5.99. The molecule has 0 saturated heterocycles. The smallest absolute Gasteiger partial charge is 0.358 e. The molecule has 0 aliphatic heterocycles. The van der Waals surface area contributed by atoms with Crippen LogP contribution in [0.4, 0.5) is 0 Å². The minimum Gasteiger partial charge on any atom is -0.358 e. The molecule has 0 atom stereocenters. The van der Waals surface area contributed by atoms with Crippen molar-refractivity contribution in [2.24, 2.45) is 0 Å². The number of halogens is 2. The van der Waals surface area contributed by atoms with Crippen LogP contribution in [0.1, 0.15) is 116 Å². The summed E-state index contributed by atoms with van der Waals surface area (Å²) < 4.78 is 0. The van der Waals surface area contributed by atoms with Gasteiger partial charge in [-0.2, -0.15) is 0 Å². The Morgan fingerprint density at radius 2 is 0.667 bits per heavy atom. The van der Waals surface area contributed by atoms with E-state index in [-0.39, 0.29) is 71.8 Å². The van der Waals surface area contributed by atoms with Crippen molar-refractivity contribution in [1.82, 2.24) is 0 Å². The predicted molar refractivity (Wildman–Crippen MR) is 194 cm³/mol. The topological polar surface area (TPSA) is 0 Å². The first-order valence-corrected chi connectivity index (χ1v) is 19.4. The Morgan fingerprint density at radius 3 is 0.905 bits per heavy atom. The molecule has 0 heterocycles. The third-order valence-electron chi connectivity index (χ3n) is 7.94. The van der Waals surface area contributed by atoms with Crippen LogP contribution in [0.25, 0.3) is 0 Å². The van der Waals surface area contributed by atoms with Gasteiger partial charge in [0.25, 0.3) is 0 Å². The van der Waals surface area contributed by atoms with Crippen molar-refractivity contribution < 1.29 is 34.1 Å². The van der Waals surface area contributed by atoms with Crippen molar-refractivity contribution in [3.05, 3.63) is 90.4 Å². The number of hydrogen-bond donors (Lipinski definition) is 0. The molecule has 42 heavy (non-hydrogen) atoms. The minimum atomic E-state index is -0.951. The van der Waals surface area contributed by atoms with Gasteiger partial charge in [-0.05, 0) is 42.3 Å². The maximum absolute atomic E-state index is 5.63. The van der Waals surface area contributed by atoms with Gasteiger partial charge >= 0.3 is 34.1 Å². The second kappa shape index (κ2) is 31.9. The first-order valence-electron chi connectivity index (χ1n) is 14.8. The van der Waals surface area contributed by atoms with Gasteiger partial charge in [-0.3, -0.25) is 0 Å². The first kappa shape index (κ1) is 49.8. The van der Waals surface area contributed by atoms with Gasteiger partial charge in [-0.1, -0.05) is 181 Å². The monoisotopic (exact) mass is 736 g/mol. The molecular weight excluding hydrogens is 677 g/mol. The predicted octanol–water partition coefficient (Wildman–Crippen LogP) is 13.5. The van der Waals surface area contributed by atoms with Crippen molar-refractivity contribution in [2.75, 3.05) is 0 Å². The summed E-state index contributed by atoms with van der Waals surface area (Å²) >= 11 is 11.3. The molecular formula is C36H60Cl2Fe2P2. The summed E-state index contributed by atoms with van der Waals surface area (Å²) in [5.74, 6) is 0. The van der Waals surface area contributed by atoms with E-state index in [1.165, 1.54) is 116 Å². The number of hydrogen-bond acceptors (Lipinski definition) is 0. The SMILES string of the molecule is C1CCCC1.C1CCCC1.ClP(Cl)c1ccccc1.[CH3-].[CH3-].[CH3-].[CH3-].[Fe+2].[Fe+2].c1ccc(P(C2CCCC2)C2CCCC2)cc1. The van der Waals surface area contributed by atoms with Crippen LogP contribution in [-0.4, -0.2) is 11.3 Å². The van der Waals surface area contributed by atoms with E-state index in [1.807, 2.05) is 30.3 Å². The van der Waals surface area contributed by atoms with Crippen molar-refractivity contribution >= 4 is 47.6 Å². The molecule has 6 heteroatoms. The van der Waals surface area contributed by atoms with E-state index in [0.29, 0.717) is 0 Å². The van der Waals surface area contributed by atoms with Crippen LogP contribution in [-0.2, 0) is 34.1 Å². The van der Waals surface area contributed by atoms with E-state index in [0.717, 1.165) is 16.6 Å². The van der Waals surface area contributed by atoms with Crippen LogP contribution in [0.5, 0.6) is 0 Å². The van der Waals surface area contributed by atoms with Crippen LogP contribution in [0.2, 0.25) is 0 Å². The molecule has 2 aromatic carbocycles. The van der Waals surface area contributed by atoms with Crippen LogP contribution in [0.15, 0.2) is 60.7 Å². The third-order valence-corrected chi connectivity index (χ3v) is 13.3. The van der Waals surface area contributed by atoms with Gasteiger partial charge in [-0.25, -0.2) is 0 Å². The summed E-state index contributed by atoms with van der Waals surface area (Å²) in [7, 11) is 0.142. The molecule has 0 aromatic heterocycles. The molecule has 0 nitrogen and oxygen atoms in total. The van der Waals surface area contributed by atoms with E-state index in [2.05, 4.69) is 30.3 Å². The van der Waals surface area contributed by atoms with Crippen LogP contribution in [0.3, 0.4) is 0 Å². The molecule has 2 aromatic rings. The first-order chi connectivity index (χ1) is 17.8. The maximum Gasteiger partial charge on any atom is 2.00 e. The van der Waals surface area contributed by atoms with E-state index < -0.39 is 6.63 Å². The average Bonchev–Trinajstić information content (AvgIpc) is 3.77. The second-order valence-corrected chi connectivity index (χ2v) is 17.0. The molecule has 0 radical (unpaired) electrons. The quantitative estimate of drug-likeness (QED) is 0.167. The summed E-state index contributed by atoms with van der Waals surface area (Å²) in [5.41, 5.74) is 2.10. The zero-order valence-electron chi connectivity index (χ0n) is 27.0. The third kappa shape index (κ3) is 20.1. The Hall–Kier alpha value is 0.919. The fraction of sp³-hybridized carbons (Fsp3) is 0.556. The molecule has 0 amide bonds. The van der Waals surface area contributed by atoms with Gasteiger partial charge in [0.2, 0.25) is 0 Å². The second-order valence-electron chi connectivity index (χ2n) is 10.7. The van der Waals surface area contributed by atoms with Crippen molar-refractivity contribution in [3.63, 3.8) is 0 Å². The standard InChI is InChI=1S/C16H23P.C6H5Cl2P.2C5H10.4CH3.2Fe/c1-2-8-14(9-3-1)17(15-10-4-5-11-15)16-12-6-7-13-16;7-9(8)6-4-2-1-3-5-6;2*1-2-4-5-3-1;;;;;;/h1-3,8-9,15-16H,4-7,10-13H2;1-5H;2*1-5H2;4*1H3;;/q;;;;4*-1;2*+2. The summed E-state index contributed by atoms with van der Waals surface area (Å²) in [6, 6.07) is 21.1. The van der Waals surface area contributed by atoms with E-state index in [9.17, 15) is 0 Å². The molecule has 4 saturated carbocycles. The molecule has 4 aliphatic rings. The van der Waals surface area contributed by atoms with Crippen molar-refractivity contribution in [2.45, 2.75) is 127 Å². The average molecular weight is 737 g/mol.